The van der Waals surface area contributed by atoms with Gasteiger partial charge in [-0.2, -0.15) is 0 Å². The first-order valence-electron chi connectivity index (χ1n) is 12.3. The lowest BCUT2D eigenvalue weighted by Crippen LogP contribution is -2.34. The highest BCUT2D eigenvalue weighted by Crippen LogP contribution is 2.35. The smallest absolute Gasteiger partial charge is 0.255 e. The Labute approximate surface area is 191 Å². The number of rotatable bonds is 6. The van der Waals surface area contributed by atoms with Gasteiger partial charge in [-0.1, -0.05) is 25.3 Å². The molecule has 2 aromatic carbocycles. The lowest BCUT2D eigenvalue weighted by Gasteiger charge is -2.26. The number of likely N-dealkylation sites (tertiary alicyclic amines) is 1. The standard InChI is InChI=1S/C27H35N3O2/c1-29-17-22-14-15-30(26(22)18-29)24-12-10-23(11-13-24)28-27(31)21-8-5-9-25(16-21)32-19-20-6-3-2-4-7-20/h5,8-13,16,20,22,26H,2-4,6-7,14-15,17-19H2,1H3,(H,28,31). The van der Waals surface area contributed by atoms with Crippen LogP contribution in [0.15, 0.2) is 48.5 Å². The zero-order chi connectivity index (χ0) is 21.9. The van der Waals surface area contributed by atoms with E-state index in [2.05, 4.69) is 34.3 Å². The van der Waals surface area contributed by atoms with Crippen molar-refractivity contribution < 1.29 is 9.53 Å². The van der Waals surface area contributed by atoms with Gasteiger partial charge in [0.2, 0.25) is 0 Å². The van der Waals surface area contributed by atoms with Crippen molar-refractivity contribution in [1.29, 1.82) is 0 Å². The van der Waals surface area contributed by atoms with Crippen LogP contribution in [0.4, 0.5) is 11.4 Å². The molecule has 1 aliphatic carbocycles. The maximum absolute atomic E-state index is 12.8. The monoisotopic (exact) mass is 433 g/mol. The summed E-state index contributed by atoms with van der Waals surface area (Å²) in [6, 6.07) is 16.5. The third-order valence-electron chi connectivity index (χ3n) is 7.49. The zero-order valence-electron chi connectivity index (χ0n) is 19.1. The Bertz CT molecular complexity index is 923. The molecule has 1 N–H and O–H groups in total. The van der Waals surface area contributed by atoms with Crippen molar-refractivity contribution in [1.82, 2.24) is 4.90 Å². The van der Waals surface area contributed by atoms with Gasteiger partial charge in [-0.05, 0) is 80.6 Å². The lowest BCUT2D eigenvalue weighted by atomic mass is 9.90. The molecular weight excluding hydrogens is 398 g/mol. The number of anilines is 2. The summed E-state index contributed by atoms with van der Waals surface area (Å²) < 4.78 is 6.01. The van der Waals surface area contributed by atoms with Gasteiger partial charge < -0.3 is 19.9 Å². The molecule has 1 saturated carbocycles. The number of hydrogen-bond acceptors (Lipinski definition) is 4. The Balaban J connectivity index is 1.18. The minimum atomic E-state index is -0.0977. The van der Waals surface area contributed by atoms with Crippen LogP contribution in [0.1, 0.15) is 48.9 Å². The Morgan fingerprint density at radius 3 is 2.66 bits per heavy atom. The van der Waals surface area contributed by atoms with Crippen molar-refractivity contribution in [3.8, 4) is 5.75 Å². The maximum atomic E-state index is 12.8. The second-order valence-corrected chi connectivity index (χ2v) is 9.87. The summed E-state index contributed by atoms with van der Waals surface area (Å²) in [5.74, 6) is 2.12. The highest BCUT2D eigenvalue weighted by Gasteiger charge is 2.39. The summed E-state index contributed by atoms with van der Waals surface area (Å²) in [7, 11) is 2.21. The van der Waals surface area contributed by atoms with E-state index in [1.165, 1.54) is 50.8 Å². The van der Waals surface area contributed by atoms with Gasteiger partial charge in [-0.3, -0.25) is 4.79 Å². The van der Waals surface area contributed by atoms with Crippen molar-refractivity contribution in [3.63, 3.8) is 0 Å². The van der Waals surface area contributed by atoms with Crippen LogP contribution in [0, 0.1) is 11.8 Å². The molecule has 2 unspecified atom stereocenters. The van der Waals surface area contributed by atoms with E-state index in [0.29, 0.717) is 17.5 Å². The van der Waals surface area contributed by atoms with E-state index in [4.69, 9.17) is 4.74 Å². The predicted octanol–water partition coefficient (Wildman–Crippen LogP) is 5.04. The molecular formula is C27H35N3O2. The molecule has 2 aromatic rings. The topological polar surface area (TPSA) is 44.8 Å². The first-order valence-corrected chi connectivity index (χ1v) is 12.3. The number of nitrogens with zero attached hydrogens (tertiary/aromatic N) is 2. The van der Waals surface area contributed by atoms with E-state index in [1.54, 1.807) is 0 Å². The number of fused-ring (bicyclic) bond motifs is 1. The van der Waals surface area contributed by atoms with Crippen LogP contribution < -0.4 is 15.0 Å². The molecule has 3 aliphatic rings. The molecule has 5 rings (SSSR count). The summed E-state index contributed by atoms with van der Waals surface area (Å²) in [5, 5.41) is 3.04. The minimum Gasteiger partial charge on any atom is -0.493 e. The summed E-state index contributed by atoms with van der Waals surface area (Å²) in [5.41, 5.74) is 2.71. The van der Waals surface area contributed by atoms with Crippen molar-refractivity contribution in [2.24, 2.45) is 11.8 Å². The highest BCUT2D eigenvalue weighted by atomic mass is 16.5. The molecule has 5 heteroatoms. The fourth-order valence-electron chi connectivity index (χ4n) is 5.73. The lowest BCUT2D eigenvalue weighted by molar-refractivity contribution is 0.102. The number of likely N-dealkylation sites (N-methyl/N-ethyl adjacent to an activating group) is 1. The molecule has 5 nitrogen and oxygen atoms in total. The summed E-state index contributed by atoms with van der Waals surface area (Å²) in [4.78, 5) is 17.8. The fraction of sp³-hybridized carbons (Fsp3) is 0.519. The van der Waals surface area contributed by atoms with Gasteiger partial charge in [-0.15, -0.1) is 0 Å². The largest absolute Gasteiger partial charge is 0.493 e. The Morgan fingerprint density at radius 1 is 1.03 bits per heavy atom. The fourth-order valence-corrected chi connectivity index (χ4v) is 5.73. The summed E-state index contributed by atoms with van der Waals surface area (Å²) in [6.07, 6.45) is 7.75. The summed E-state index contributed by atoms with van der Waals surface area (Å²) >= 11 is 0. The molecule has 0 aromatic heterocycles. The number of carbonyl (C=O) groups is 1. The van der Waals surface area contributed by atoms with Gasteiger partial charge in [0.05, 0.1) is 6.61 Å². The number of nitrogens with one attached hydrogen (secondary N) is 1. The quantitative estimate of drug-likeness (QED) is 0.693. The van der Waals surface area contributed by atoms with E-state index in [0.717, 1.165) is 37.1 Å². The Kier molecular flexibility index (Phi) is 6.35. The van der Waals surface area contributed by atoms with Crippen molar-refractivity contribution in [2.75, 3.05) is 43.5 Å². The van der Waals surface area contributed by atoms with E-state index in [-0.39, 0.29) is 5.91 Å². The first-order chi connectivity index (χ1) is 15.7. The molecule has 170 valence electrons. The molecule has 0 spiro atoms. The van der Waals surface area contributed by atoms with Crippen LogP contribution >= 0.6 is 0 Å². The van der Waals surface area contributed by atoms with Gasteiger partial charge in [0.1, 0.15) is 5.75 Å². The van der Waals surface area contributed by atoms with E-state index < -0.39 is 0 Å². The molecule has 2 atom stereocenters. The van der Waals surface area contributed by atoms with Gasteiger partial charge in [0, 0.05) is 42.6 Å². The molecule has 0 bridgehead atoms. The van der Waals surface area contributed by atoms with Crippen molar-refractivity contribution in [3.05, 3.63) is 54.1 Å². The van der Waals surface area contributed by atoms with Crippen LogP contribution in [-0.2, 0) is 0 Å². The van der Waals surface area contributed by atoms with E-state index >= 15 is 0 Å². The highest BCUT2D eigenvalue weighted by molar-refractivity contribution is 6.04. The molecule has 0 radical (unpaired) electrons. The zero-order valence-corrected chi connectivity index (χ0v) is 19.1. The molecule has 32 heavy (non-hydrogen) atoms. The van der Waals surface area contributed by atoms with E-state index in [9.17, 15) is 4.79 Å². The average Bonchev–Trinajstić information content (AvgIpc) is 3.38. The van der Waals surface area contributed by atoms with Gasteiger partial charge in [0.15, 0.2) is 0 Å². The van der Waals surface area contributed by atoms with Crippen molar-refractivity contribution in [2.45, 2.75) is 44.6 Å². The Hall–Kier alpha value is -2.53. The maximum Gasteiger partial charge on any atom is 0.255 e. The van der Waals surface area contributed by atoms with Crippen LogP contribution in [0.5, 0.6) is 5.75 Å². The second-order valence-electron chi connectivity index (χ2n) is 9.87. The average molecular weight is 434 g/mol. The SMILES string of the molecule is CN1CC2CCN(c3ccc(NC(=O)c4cccc(OCC5CCCCC5)c4)cc3)C2C1. The molecule has 2 saturated heterocycles. The van der Waals surface area contributed by atoms with Gasteiger partial charge >= 0.3 is 0 Å². The molecule has 3 fully saturated rings. The van der Waals surface area contributed by atoms with Crippen LogP contribution in [0.3, 0.4) is 0 Å². The minimum absolute atomic E-state index is 0.0977. The molecule has 2 aliphatic heterocycles. The van der Waals surface area contributed by atoms with E-state index in [1.807, 2.05) is 36.4 Å². The molecule has 2 heterocycles. The van der Waals surface area contributed by atoms with Crippen LogP contribution in [-0.4, -0.2) is 50.1 Å². The number of hydrogen-bond donors (Lipinski definition) is 1. The number of benzene rings is 2. The summed E-state index contributed by atoms with van der Waals surface area (Å²) in [6.45, 7) is 4.23. The third kappa shape index (κ3) is 4.78. The molecule has 1 amide bonds. The van der Waals surface area contributed by atoms with Crippen molar-refractivity contribution >= 4 is 17.3 Å². The Morgan fingerprint density at radius 2 is 1.84 bits per heavy atom. The van der Waals surface area contributed by atoms with Gasteiger partial charge in [-0.25, -0.2) is 0 Å². The predicted molar refractivity (Wildman–Crippen MR) is 130 cm³/mol. The number of amides is 1. The number of ether oxygens (including phenoxy) is 1. The van der Waals surface area contributed by atoms with Gasteiger partial charge in [0.25, 0.3) is 5.91 Å². The van der Waals surface area contributed by atoms with Crippen LogP contribution in [0.25, 0.3) is 0 Å². The number of carbonyl (C=O) groups excluding carboxylic acids is 1. The second kappa shape index (κ2) is 9.53. The third-order valence-corrected chi connectivity index (χ3v) is 7.49. The normalized spacial score (nSPS) is 23.8. The van der Waals surface area contributed by atoms with Crippen LogP contribution in [0.2, 0.25) is 0 Å². The first kappa shape index (κ1) is 21.3.